The maximum atomic E-state index is 5.93. The molecule has 94 valence electrons. The molecule has 2 aromatic rings. The van der Waals surface area contributed by atoms with Gasteiger partial charge in [-0.3, -0.25) is 0 Å². The quantitative estimate of drug-likeness (QED) is 0.820. The number of hydrogen-bond acceptors (Lipinski definition) is 2. The molecule has 0 aromatic heterocycles. The number of nitrogen functional groups attached to an aromatic ring is 1. The lowest BCUT2D eigenvalue weighted by atomic mass is 10.1. The second-order valence-electron chi connectivity index (χ2n) is 4.68. The summed E-state index contributed by atoms with van der Waals surface area (Å²) >= 11 is 0. The van der Waals surface area contributed by atoms with Gasteiger partial charge in [0.25, 0.3) is 0 Å². The molecule has 2 heteroatoms. The predicted molar refractivity (Wildman–Crippen MR) is 79.5 cm³/mol. The van der Waals surface area contributed by atoms with Crippen molar-refractivity contribution in [2.75, 3.05) is 17.2 Å². The van der Waals surface area contributed by atoms with Crippen LogP contribution in [0.4, 0.5) is 17.1 Å². The zero-order chi connectivity index (χ0) is 13.1. The van der Waals surface area contributed by atoms with Crippen molar-refractivity contribution in [1.29, 1.82) is 0 Å². The Bertz CT molecular complexity index is 509. The Hall–Kier alpha value is -1.96. The van der Waals surface area contributed by atoms with E-state index in [1.54, 1.807) is 0 Å². The van der Waals surface area contributed by atoms with Crippen LogP contribution in [-0.4, -0.2) is 6.54 Å². The molecule has 0 aliphatic heterocycles. The van der Waals surface area contributed by atoms with Gasteiger partial charge in [0, 0.05) is 23.6 Å². The summed E-state index contributed by atoms with van der Waals surface area (Å²) in [6, 6.07) is 14.8. The molecule has 2 nitrogen and oxygen atoms in total. The summed E-state index contributed by atoms with van der Waals surface area (Å²) in [7, 11) is 0. The normalized spacial score (nSPS) is 10.4. The van der Waals surface area contributed by atoms with E-state index in [4.69, 9.17) is 5.73 Å². The molecule has 18 heavy (non-hydrogen) atoms. The summed E-state index contributed by atoms with van der Waals surface area (Å²) in [6.07, 6.45) is 0. The second kappa shape index (κ2) is 5.13. The Morgan fingerprint density at radius 2 is 1.56 bits per heavy atom. The van der Waals surface area contributed by atoms with Crippen LogP contribution in [0.15, 0.2) is 42.5 Å². The van der Waals surface area contributed by atoms with E-state index in [9.17, 15) is 0 Å². The van der Waals surface area contributed by atoms with E-state index in [2.05, 4.69) is 56.0 Å². The minimum absolute atomic E-state index is 0.815. The van der Waals surface area contributed by atoms with Crippen molar-refractivity contribution in [2.24, 2.45) is 0 Å². The van der Waals surface area contributed by atoms with Gasteiger partial charge in [0.2, 0.25) is 0 Å². The van der Waals surface area contributed by atoms with Gasteiger partial charge in [-0.05, 0) is 56.7 Å². The molecule has 0 saturated carbocycles. The summed E-state index contributed by atoms with van der Waals surface area (Å²) in [4.78, 5) is 2.27. The van der Waals surface area contributed by atoms with Crippen LogP contribution in [0.1, 0.15) is 18.1 Å². The minimum Gasteiger partial charge on any atom is -0.399 e. The zero-order valence-corrected chi connectivity index (χ0v) is 11.3. The molecular formula is C16H20N2. The maximum absolute atomic E-state index is 5.93. The number of anilines is 3. The number of hydrogen-bond donors (Lipinski definition) is 1. The molecule has 0 radical (unpaired) electrons. The first-order valence-corrected chi connectivity index (χ1v) is 6.31. The van der Waals surface area contributed by atoms with Gasteiger partial charge in [-0.25, -0.2) is 0 Å². The van der Waals surface area contributed by atoms with E-state index in [1.165, 1.54) is 16.8 Å². The molecule has 0 saturated heterocycles. The van der Waals surface area contributed by atoms with Crippen molar-refractivity contribution >= 4 is 17.1 Å². The van der Waals surface area contributed by atoms with Gasteiger partial charge in [0.05, 0.1) is 0 Å². The number of rotatable bonds is 3. The fourth-order valence-electron chi connectivity index (χ4n) is 2.19. The van der Waals surface area contributed by atoms with Crippen LogP contribution in [0.5, 0.6) is 0 Å². The third-order valence-corrected chi connectivity index (χ3v) is 3.06. The average molecular weight is 240 g/mol. The Kier molecular flexibility index (Phi) is 3.56. The van der Waals surface area contributed by atoms with Crippen molar-refractivity contribution in [1.82, 2.24) is 0 Å². The lowest BCUT2D eigenvalue weighted by molar-refractivity contribution is 1.02. The highest BCUT2D eigenvalue weighted by Gasteiger charge is 2.07. The first kappa shape index (κ1) is 12.5. The number of nitrogens with zero attached hydrogens (tertiary/aromatic N) is 1. The largest absolute Gasteiger partial charge is 0.399 e. The standard InChI is InChI=1S/C16H20N2/c1-4-18(15-7-5-12(2)6-8-15)16-10-13(3)9-14(17)11-16/h5-11H,4,17H2,1-3H3. The lowest BCUT2D eigenvalue weighted by Gasteiger charge is -2.24. The predicted octanol–water partition coefficient (Wildman–Crippen LogP) is 4.04. The van der Waals surface area contributed by atoms with Gasteiger partial charge in [-0.2, -0.15) is 0 Å². The molecule has 0 aliphatic rings. The number of aryl methyl sites for hydroxylation is 2. The van der Waals surface area contributed by atoms with Crippen LogP contribution in [0.3, 0.4) is 0 Å². The van der Waals surface area contributed by atoms with E-state index in [1.807, 2.05) is 12.1 Å². The summed E-state index contributed by atoms with van der Waals surface area (Å²) in [5.41, 5.74) is 11.6. The molecule has 0 atom stereocenters. The third kappa shape index (κ3) is 2.65. The molecule has 0 amide bonds. The van der Waals surface area contributed by atoms with E-state index in [0.717, 1.165) is 17.9 Å². The Labute approximate surface area is 109 Å². The summed E-state index contributed by atoms with van der Waals surface area (Å²) < 4.78 is 0. The molecule has 0 spiro atoms. The minimum atomic E-state index is 0.815. The average Bonchev–Trinajstić information content (AvgIpc) is 2.31. The van der Waals surface area contributed by atoms with E-state index in [-0.39, 0.29) is 0 Å². The molecule has 2 N–H and O–H groups in total. The van der Waals surface area contributed by atoms with Crippen molar-refractivity contribution in [2.45, 2.75) is 20.8 Å². The second-order valence-corrected chi connectivity index (χ2v) is 4.68. The summed E-state index contributed by atoms with van der Waals surface area (Å²) in [5.74, 6) is 0. The summed E-state index contributed by atoms with van der Waals surface area (Å²) in [5, 5.41) is 0. The molecule has 0 unspecified atom stereocenters. The first-order valence-electron chi connectivity index (χ1n) is 6.31. The Morgan fingerprint density at radius 1 is 0.889 bits per heavy atom. The fraction of sp³-hybridized carbons (Fsp3) is 0.250. The van der Waals surface area contributed by atoms with Gasteiger partial charge in [-0.1, -0.05) is 17.7 Å². The molecule has 2 aromatic carbocycles. The van der Waals surface area contributed by atoms with Gasteiger partial charge < -0.3 is 10.6 Å². The summed E-state index contributed by atoms with van der Waals surface area (Å²) in [6.45, 7) is 7.25. The number of benzene rings is 2. The van der Waals surface area contributed by atoms with Crippen LogP contribution in [0, 0.1) is 13.8 Å². The molecule has 0 bridgehead atoms. The van der Waals surface area contributed by atoms with Crippen molar-refractivity contribution in [3.05, 3.63) is 53.6 Å². The van der Waals surface area contributed by atoms with Gasteiger partial charge in [-0.15, -0.1) is 0 Å². The van der Waals surface area contributed by atoms with Gasteiger partial charge >= 0.3 is 0 Å². The van der Waals surface area contributed by atoms with E-state index < -0.39 is 0 Å². The highest BCUT2D eigenvalue weighted by atomic mass is 15.1. The van der Waals surface area contributed by atoms with E-state index >= 15 is 0 Å². The molecular weight excluding hydrogens is 220 g/mol. The lowest BCUT2D eigenvalue weighted by Crippen LogP contribution is -2.16. The zero-order valence-electron chi connectivity index (χ0n) is 11.3. The molecule has 0 heterocycles. The molecule has 0 aliphatic carbocycles. The SMILES string of the molecule is CCN(c1ccc(C)cc1)c1cc(C)cc(N)c1. The van der Waals surface area contributed by atoms with Gasteiger partial charge in [0.1, 0.15) is 0 Å². The van der Waals surface area contributed by atoms with Crippen molar-refractivity contribution < 1.29 is 0 Å². The van der Waals surface area contributed by atoms with Crippen LogP contribution in [0.2, 0.25) is 0 Å². The third-order valence-electron chi connectivity index (χ3n) is 3.06. The van der Waals surface area contributed by atoms with Crippen molar-refractivity contribution in [3.8, 4) is 0 Å². The molecule has 2 rings (SSSR count). The highest BCUT2D eigenvalue weighted by molar-refractivity contribution is 5.67. The monoisotopic (exact) mass is 240 g/mol. The topological polar surface area (TPSA) is 29.3 Å². The maximum Gasteiger partial charge on any atom is 0.0433 e. The smallest absolute Gasteiger partial charge is 0.0433 e. The first-order chi connectivity index (χ1) is 8.60. The Morgan fingerprint density at radius 3 is 2.11 bits per heavy atom. The van der Waals surface area contributed by atoms with Crippen LogP contribution < -0.4 is 10.6 Å². The van der Waals surface area contributed by atoms with Crippen LogP contribution in [-0.2, 0) is 0 Å². The Balaban J connectivity index is 2.41. The van der Waals surface area contributed by atoms with E-state index in [0.29, 0.717) is 0 Å². The number of nitrogens with two attached hydrogens (primary N) is 1. The molecule has 0 fully saturated rings. The van der Waals surface area contributed by atoms with Crippen LogP contribution in [0.25, 0.3) is 0 Å². The fourth-order valence-corrected chi connectivity index (χ4v) is 2.19. The van der Waals surface area contributed by atoms with Crippen LogP contribution >= 0.6 is 0 Å². The van der Waals surface area contributed by atoms with Crippen molar-refractivity contribution in [3.63, 3.8) is 0 Å². The van der Waals surface area contributed by atoms with Gasteiger partial charge in [0.15, 0.2) is 0 Å². The highest BCUT2D eigenvalue weighted by Crippen LogP contribution is 2.27.